The summed E-state index contributed by atoms with van der Waals surface area (Å²) in [4.78, 5) is 31.2. The molecule has 0 unspecified atom stereocenters. The number of carbonyl (C=O) groups is 1. The van der Waals surface area contributed by atoms with Crippen LogP contribution in [0, 0.1) is 6.92 Å². The van der Waals surface area contributed by atoms with E-state index in [-0.39, 0.29) is 11.5 Å². The number of benzene rings is 2. The number of aromatic nitrogens is 4. The molecule has 1 aliphatic heterocycles. The van der Waals surface area contributed by atoms with E-state index >= 15 is 0 Å². The number of para-hydroxylation sites is 1. The molecule has 0 atom stereocenters. The number of hydrogen-bond acceptors (Lipinski definition) is 5. The zero-order chi connectivity index (χ0) is 26.1. The summed E-state index contributed by atoms with van der Waals surface area (Å²) in [7, 11) is 0. The van der Waals surface area contributed by atoms with Crippen LogP contribution in [0.5, 0.6) is 0 Å². The minimum absolute atomic E-state index is 0.0838. The minimum Gasteiger partial charge on any atom is -0.340 e. The minimum atomic E-state index is -0.0838. The van der Waals surface area contributed by atoms with Gasteiger partial charge in [-0.05, 0) is 37.5 Å². The smallest absolute Gasteiger partial charge is 0.263 e. The van der Waals surface area contributed by atoms with Crippen molar-refractivity contribution in [2.75, 3.05) is 26.2 Å². The lowest BCUT2D eigenvalue weighted by Gasteiger charge is -2.40. The van der Waals surface area contributed by atoms with Gasteiger partial charge in [-0.1, -0.05) is 61.2 Å². The second-order valence-electron chi connectivity index (χ2n) is 10.9. The fourth-order valence-corrected chi connectivity index (χ4v) is 6.15. The fraction of sp³-hybridized carbons (Fsp3) is 0.467. The van der Waals surface area contributed by atoms with Crippen LogP contribution in [0.25, 0.3) is 16.7 Å². The number of piperazine rings is 1. The normalized spacial score (nSPS) is 17.4. The fourth-order valence-electron chi connectivity index (χ4n) is 6.15. The van der Waals surface area contributed by atoms with Crippen molar-refractivity contribution < 1.29 is 4.79 Å². The number of nitrogens with zero attached hydrogens (tertiary/aromatic N) is 6. The number of amides is 1. The molecule has 1 amide bonds. The summed E-state index contributed by atoms with van der Waals surface area (Å²) < 4.78 is 3.65. The second-order valence-corrected chi connectivity index (χ2v) is 10.9. The van der Waals surface area contributed by atoms with Gasteiger partial charge in [0.1, 0.15) is 5.82 Å². The van der Waals surface area contributed by atoms with Gasteiger partial charge >= 0.3 is 0 Å². The third-order valence-electron chi connectivity index (χ3n) is 8.36. The van der Waals surface area contributed by atoms with Gasteiger partial charge in [-0.2, -0.15) is 0 Å². The van der Waals surface area contributed by atoms with Gasteiger partial charge in [0, 0.05) is 45.1 Å². The highest BCUT2D eigenvalue weighted by atomic mass is 16.2. The molecule has 4 aromatic rings. The van der Waals surface area contributed by atoms with E-state index in [0.717, 1.165) is 37.3 Å². The van der Waals surface area contributed by atoms with Gasteiger partial charge in [0.15, 0.2) is 0 Å². The highest BCUT2D eigenvalue weighted by molar-refractivity contribution is 5.80. The van der Waals surface area contributed by atoms with E-state index in [0.29, 0.717) is 42.4 Å². The molecule has 1 aliphatic carbocycles. The van der Waals surface area contributed by atoms with Crippen molar-refractivity contribution in [2.45, 2.75) is 64.5 Å². The monoisotopic (exact) mass is 512 g/mol. The van der Waals surface area contributed by atoms with Crippen LogP contribution in [0.2, 0.25) is 0 Å². The van der Waals surface area contributed by atoms with E-state index in [4.69, 9.17) is 0 Å². The van der Waals surface area contributed by atoms with Gasteiger partial charge in [0.25, 0.3) is 5.56 Å². The molecule has 0 bridgehead atoms. The van der Waals surface area contributed by atoms with Gasteiger partial charge in [-0.25, -0.2) is 0 Å². The molecule has 0 spiro atoms. The van der Waals surface area contributed by atoms with Crippen molar-refractivity contribution >= 4 is 22.6 Å². The van der Waals surface area contributed by atoms with Crippen LogP contribution in [0.4, 0.5) is 0 Å². The number of fused-ring (bicyclic) bond motifs is 3. The molecule has 0 N–H and O–H groups in total. The molecule has 0 radical (unpaired) electrons. The summed E-state index contributed by atoms with van der Waals surface area (Å²) in [5.74, 6) is 1.39. The van der Waals surface area contributed by atoms with Crippen molar-refractivity contribution in [3.8, 4) is 0 Å². The van der Waals surface area contributed by atoms with E-state index in [1.165, 1.54) is 37.7 Å². The van der Waals surface area contributed by atoms with E-state index in [9.17, 15) is 9.59 Å². The first kappa shape index (κ1) is 24.8. The molecule has 8 heteroatoms. The largest absolute Gasteiger partial charge is 0.340 e. The Balaban J connectivity index is 1.21. The summed E-state index contributed by atoms with van der Waals surface area (Å²) in [5.41, 5.74) is 2.90. The maximum atomic E-state index is 13.5. The lowest BCUT2D eigenvalue weighted by atomic mass is 9.94. The molecule has 2 aromatic heterocycles. The van der Waals surface area contributed by atoms with Gasteiger partial charge in [0.2, 0.25) is 11.7 Å². The number of hydrogen-bond donors (Lipinski definition) is 0. The zero-order valence-corrected chi connectivity index (χ0v) is 22.2. The topological polar surface area (TPSA) is 75.7 Å². The molecule has 1 saturated carbocycles. The Kier molecular flexibility index (Phi) is 6.98. The van der Waals surface area contributed by atoms with E-state index in [1.807, 2.05) is 52.6 Å². The van der Waals surface area contributed by atoms with Crippen LogP contribution < -0.4 is 5.56 Å². The predicted octanol–water partition coefficient (Wildman–Crippen LogP) is 3.81. The molecule has 6 rings (SSSR count). The van der Waals surface area contributed by atoms with E-state index in [1.54, 1.807) is 4.57 Å². The Morgan fingerprint density at radius 3 is 2.42 bits per heavy atom. The van der Waals surface area contributed by atoms with Gasteiger partial charge in [-0.15, -0.1) is 10.2 Å². The Morgan fingerprint density at radius 1 is 0.921 bits per heavy atom. The summed E-state index contributed by atoms with van der Waals surface area (Å²) in [6.07, 6.45) is 7.51. The van der Waals surface area contributed by atoms with Gasteiger partial charge in [-0.3, -0.25) is 23.5 Å². The van der Waals surface area contributed by atoms with Gasteiger partial charge < -0.3 is 4.90 Å². The average Bonchev–Trinajstić information content (AvgIpc) is 3.39. The molecule has 38 heavy (non-hydrogen) atoms. The number of rotatable bonds is 6. The molecule has 1 saturated heterocycles. The van der Waals surface area contributed by atoms with E-state index < -0.39 is 0 Å². The molecule has 3 heterocycles. The Hall–Kier alpha value is -3.52. The maximum Gasteiger partial charge on any atom is 0.263 e. The van der Waals surface area contributed by atoms with Crippen molar-refractivity contribution in [1.29, 1.82) is 0 Å². The Labute approximate surface area is 222 Å². The van der Waals surface area contributed by atoms with Crippen LogP contribution >= 0.6 is 0 Å². The highest BCUT2D eigenvalue weighted by Crippen LogP contribution is 2.24. The summed E-state index contributed by atoms with van der Waals surface area (Å²) in [6.45, 7) is 6.01. The first-order valence-electron chi connectivity index (χ1n) is 14.0. The van der Waals surface area contributed by atoms with Crippen LogP contribution in [-0.4, -0.2) is 67.1 Å². The lowest BCUT2D eigenvalue weighted by molar-refractivity contribution is -0.133. The first-order chi connectivity index (χ1) is 18.6. The van der Waals surface area contributed by atoms with Crippen molar-refractivity contribution in [3.05, 3.63) is 75.8 Å². The van der Waals surface area contributed by atoms with Crippen LogP contribution in [0.3, 0.4) is 0 Å². The Bertz CT molecular complexity index is 1490. The van der Waals surface area contributed by atoms with Crippen LogP contribution in [0.15, 0.2) is 53.3 Å². The van der Waals surface area contributed by atoms with Crippen LogP contribution in [-0.2, 0) is 17.8 Å². The average molecular weight is 513 g/mol. The summed E-state index contributed by atoms with van der Waals surface area (Å²) >= 11 is 0. The molecular weight excluding hydrogens is 476 g/mol. The molecular formula is C30H36N6O2. The lowest BCUT2D eigenvalue weighted by Crippen LogP contribution is -2.52. The summed E-state index contributed by atoms with van der Waals surface area (Å²) in [5, 5.41) is 9.53. The maximum absolute atomic E-state index is 13.5. The molecule has 2 aliphatic rings. The molecule has 2 fully saturated rings. The van der Waals surface area contributed by atoms with Crippen molar-refractivity contribution in [2.24, 2.45) is 0 Å². The number of carbonyl (C=O) groups excluding carboxylic acids is 1. The quantitative estimate of drug-likeness (QED) is 0.393. The van der Waals surface area contributed by atoms with Crippen LogP contribution in [0.1, 0.15) is 55.5 Å². The Morgan fingerprint density at radius 2 is 1.66 bits per heavy atom. The third-order valence-corrected chi connectivity index (χ3v) is 8.36. The van der Waals surface area contributed by atoms with Gasteiger partial charge in [0.05, 0.1) is 17.4 Å². The second kappa shape index (κ2) is 10.7. The SMILES string of the molecule is Cc1ccc(Cn2c(=O)c3ccccc3n3c(CCC(=O)N4CCN(C5CCCCC5)CC4)nnc23)cc1. The highest BCUT2D eigenvalue weighted by Gasteiger charge is 2.27. The zero-order valence-electron chi connectivity index (χ0n) is 22.2. The number of aryl methyl sites for hydroxylation is 2. The van der Waals surface area contributed by atoms with Crippen molar-refractivity contribution in [1.82, 2.24) is 29.0 Å². The standard InChI is InChI=1S/C30H36N6O2/c1-22-11-13-23(14-12-22)21-35-29(38)25-9-5-6-10-26(25)36-27(31-32-30(35)36)15-16-28(37)34-19-17-33(18-20-34)24-7-3-2-4-8-24/h5-6,9-14,24H,2-4,7-8,15-21H2,1H3. The predicted molar refractivity (Wildman–Crippen MR) is 148 cm³/mol. The first-order valence-corrected chi connectivity index (χ1v) is 14.0. The molecule has 2 aromatic carbocycles. The van der Waals surface area contributed by atoms with Crippen molar-refractivity contribution in [3.63, 3.8) is 0 Å². The summed E-state index contributed by atoms with van der Waals surface area (Å²) in [6, 6.07) is 16.5. The molecule has 8 nitrogen and oxygen atoms in total. The third kappa shape index (κ3) is 4.85. The van der Waals surface area contributed by atoms with E-state index in [2.05, 4.69) is 27.2 Å². The molecule has 198 valence electrons.